The molecule has 39 nitrogen and oxygen atoms in total. The van der Waals surface area contributed by atoms with Crippen LogP contribution in [0.1, 0.15) is 188 Å². The third-order valence-electron chi connectivity index (χ3n) is 18.9. The molecule has 0 aromatic carbocycles. The molecule has 0 aromatic rings. The first-order chi connectivity index (χ1) is 54.6. The van der Waals surface area contributed by atoms with Crippen LogP contribution in [0.25, 0.3) is 0 Å². The van der Waals surface area contributed by atoms with E-state index in [1.807, 2.05) is 0 Å². The Morgan fingerprint density at radius 1 is 0.325 bits per heavy atom. The highest BCUT2D eigenvalue weighted by molar-refractivity contribution is 5.81. The zero-order chi connectivity index (χ0) is 84.1. The number of carbonyl (C=O) groups is 11. The van der Waals surface area contributed by atoms with Crippen LogP contribution >= 0.6 is 0 Å². The zero-order valence-electron chi connectivity index (χ0n) is 67.0. The van der Waals surface area contributed by atoms with Gasteiger partial charge in [0.15, 0.2) is 18.9 Å². The highest BCUT2D eigenvalue weighted by atomic mass is 16.7. The van der Waals surface area contributed by atoms with Gasteiger partial charge in [-0.25, -0.2) is 0 Å². The molecule has 0 saturated carbocycles. The number of Topliss-reactive ketones (excluding diaryl/α,β-unsaturated/α-hetero) is 2. The molecule has 0 radical (unpaired) electrons. The largest absolute Gasteiger partial charge is 0.394 e. The van der Waals surface area contributed by atoms with Crippen LogP contribution in [0.5, 0.6) is 0 Å². The van der Waals surface area contributed by atoms with E-state index in [-0.39, 0.29) is 191 Å². The summed E-state index contributed by atoms with van der Waals surface area (Å²) in [7, 11) is 0. The number of aliphatic hydroxyl groups is 9. The number of carbonyl (C=O) groups excluding carboxylic acids is 11. The minimum atomic E-state index is -1.46. The first kappa shape index (κ1) is 102. The monoisotopic (exact) mass is 1640 g/mol. The van der Waals surface area contributed by atoms with E-state index in [0.717, 1.165) is 44.9 Å². The summed E-state index contributed by atoms with van der Waals surface area (Å²) in [4.78, 5) is 138. The number of ketones is 2. The Bertz CT molecular complexity index is 2690. The minimum absolute atomic E-state index is 0.0656. The topological polar surface area (TPSA) is 573 Å². The Labute approximate surface area is 667 Å². The molecule has 0 aliphatic carbocycles. The van der Waals surface area contributed by atoms with Crippen molar-refractivity contribution in [3.8, 4) is 0 Å². The van der Waals surface area contributed by atoms with E-state index in [2.05, 4.69) is 53.2 Å². The second-order valence-corrected chi connectivity index (χ2v) is 29.1. The molecule has 15 atom stereocenters. The van der Waals surface area contributed by atoms with Crippen LogP contribution in [-0.4, -0.2) is 333 Å². The molecule has 3 aliphatic rings. The van der Waals surface area contributed by atoms with Crippen molar-refractivity contribution in [1.29, 1.82) is 0 Å². The van der Waals surface area contributed by atoms with Gasteiger partial charge >= 0.3 is 0 Å². The molecule has 114 heavy (non-hydrogen) atoms. The van der Waals surface area contributed by atoms with Gasteiger partial charge in [0.25, 0.3) is 0 Å². The average Bonchev–Trinajstić information content (AvgIpc) is 0.818. The summed E-state index contributed by atoms with van der Waals surface area (Å²) >= 11 is 0. The summed E-state index contributed by atoms with van der Waals surface area (Å²) in [5, 5.41) is 119. The lowest BCUT2D eigenvalue weighted by atomic mass is 9.97. The molecule has 3 heterocycles. The number of nitrogens with one attached hydrogen (secondary N) is 10. The second-order valence-electron chi connectivity index (χ2n) is 29.1. The molecular formula is C75H134N10O29. The maximum absolute atomic E-state index is 13.9. The Morgan fingerprint density at radius 2 is 0.614 bits per heavy atom. The lowest BCUT2D eigenvalue weighted by Crippen LogP contribution is -2.64. The predicted molar refractivity (Wildman–Crippen MR) is 406 cm³/mol. The summed E-state index contributed by atoms with van der Waals surface area (Å²) in [6.45, 7) is 4.50. The van der Waals surface area contributed by atoms with Crippen molar-refractivity contribution in [1.82, 2.24) is 53.2 Å². The summed E-state index contributed by atoms with van der Waals surface area (Å²) in [6.07, 6.45) is -3.78. The highest BCUT2D eigenvalue weighted by Crippen LogP contribution is 2.26. The molecule has 3 rings (SSSR count). The molecule has 3 fully saturated rings. The lowest BCUT2D eigenvalue weighted by Gasteiger charge is -2.42. The van der Waals surface area contributed by atoms with E-state index in [1.54, 1.807) is 6.92 Å². The molecule has 0 bridgehead atoms. The molecule has 9 amide bonds. The van der Waals surface area contributed by atoms with Crippen LogP contribution in [0.4, 0.5) is 0 Å². The first-order valence-corrected chi connectivity index (χ1v) is 40.3. The summed E-state index contributed by atoms with van der Waals surface area (Å²) in [5.41, 5.74) is -1.40. The number of hydrogen-bond donors (Lipinski definition) is 19. The van der Waals surface area contributed by atoms with E-state index >= 15 is 0 Å². The number of ether oxygens (including phenoxy) is 9. The fourth-order valence-corrected chi connectivity index (χ4v) is 12.5. The molecule has 3 aliphatic heterocycles. The smallest absolute Gasteiger partial charge is 0.222 e. The van der Waals surface area contributed by atoms with Crippen molar-refractivity contribution >= 4 is 64.7 Å². The Hall–Kier alpha value is -6.19. The van der Waals surface area contributed by atoms with Gasteiger partial charge in [-0.3, -0.25) is 47.9 Å². The third-order valence-corrected chi connectivity index (χ3v) is 18.9. The van der Waals surface area contributed by atoms with Gasteiger partial charge < -0.3 is 147 Å². The molecular weight excluding hydrogens is 1500 g/mol. The molecule has 3 saturated heterocycles. The Kier molecular flexibility index (Phi) is 54.0. The van der Waals surface area contributed by atoms with Gasteiger partial charge in [0.1, 0.15) is 90.2 Å². The fraction of sp³-hybridized carbons (Fsp3) is 0.853. The van der Waals surface area contributed by atoms with E-state index < -0.39 is 135 Å². The van der Waals surface area contributed by atoms with Gasteiger partial charge in [-0.05, 0) is 84.1 Å². The van der Waals surface area contributed by atoms with Crippen LogP contribution in [0.15, 0.2) is 0 Å². The number of amides is 9. The van der Waals surface area contributed by atoms with Gasteiger partial charge in [-0.15, -0.1) is 0 Å². The Morgan fingerprint density at radius 3 is 0.939 bits per heavy atom. The fourth-order valence-electron chi connectivity index (χ4n) is 12.5. The standard InChI is InChI=1S/C75H134N10O29/c1-49(89)22-11-9-7-5-6-8-10-12-26-62(99)85-75(47-107-40-28-60(97)80-34-20-32-77-57(94)24-14-17-37-110-73-64(83-51(3)91)70(104)67(101)55(44-87)113-73,48-108-41-29-61(98)81-35-21-33-78-58(95)25-15-18-38-111-74-65(84-52(4)92)71(105)68(102)56(45-88)114-74)46-106-39-27-59(96)79-31-19-30-76-42-53(93)23-13-16-36-109-72-63(82-50(2)90)69(103)66(100)54(43-86)112-72/h54-56,63-74,76,86-88,100-105H,5-48H2,1-4H3,(H,77,94)(H,78,95)(H,79,96)(H,80,97)(H,81,98)(H,82,90)(H,83,91)(H,84,92)(H,85,99)/t54?,55?,56?,63?,64?,65?,66-,67+,68+,69?,70?,71?,72+,73+,74+,75?/m0/s1. The average molecular weight is 1640 g/mol. The van der Waals surface area contributed by atoms with Gasteiger partial charge in [-0.2, -0.15) is 0 Å². The van der Waals surface area contributed by atoms with Gasteiger partial charge in [0.2, 0.25) is 53.2 Å². The van der Waals surface area contributed by atoms with E-state index in [9.17, 15) is 98.7 Å². The predicted octanol–water partition coefficient (Wildman–Crippen LogP) is -4.15. The number of hydrogen-bond acceptors (Lipinski definition) is 30. The summed E-state index contributed by atoms with van der Waals surface area (Å²) in [6, 6.07) is -3.26. The summed E-state index contributed by atoms with van der Waals surface area (Å²) in [5.74, 6) is -3.25. The Balaban J connectivity index is 1.54. The van der Waals surface area contributed by atoms with Crippen molar-refractivity contribution < 1.29 is 141 Å². The lowest BCUT2D eigenvalue weighted by molar-refractivity contribution is -0.270. The van der Waals surface area contributed by atoms with Crippen LogP contribution in [0, 0.1) is 0 Å². The van der Waals surface area contributed by atoms with Crippen molar-refractivity contribution in [3.63, 3.8) is 0 Å². The summed E-state index contributed by atoms with van der Waals surface area (Å²) < 4.78 is 52.2. The second kappa shape index (κ2) is 60.3. The molecule has 0 spiro atoms. The minimum Gasteiger partial charge on any atom is -0.394 e. The third kappa shape index (κ3) is 43.9. The molecule has 658 valence electrons. The first-order valence-electron chi connectivity index (χ1n) is 40.3. The van der Waals surface area contributed by atoms with Crippen molar-refractivity contribution in [3.05, 3.63) is 0 Å². The van der Waals surface area contributed by atoms with Gasteiger partial charge in [0, 0.05) is 125 Å². The van der Waals surface area contributed by atoms with Gasteiger partial charge in [-0.1, -0.05) is 38.5 Å². The quantitative estimate of drug-likeness (QED) is 0.0257. The zero-order valence-corrected chi connectivity index (χ0v) is 67.0. The number of rotatable bonds is 65. The van der Waals surface area contributed by atoms with E-state index in [4.69, 9.17) is 42.6 Å². The van der Waals surface area contributed by atoms with Crippen molar-refractivity contribution in [2.24, 2.45) is 0 Å². The normalized spacial score (nSPS) is 24.0. The molecule has 0 aromatic heterocycles. The maximum Gasteiger partial charge on any atom is 0.222 e. The SMILES string of the molecule is CC(=O)CCCCCCCCCCC(=O)NC(COCCC(=O)NCCCNCC(=O)CCCCO[C@@H]1OC(CO)[C@H](O)C(O)C1NC(C)=O)(COCCC(=O)NCCCNC(=O)CCCCO[C@@H]1OC(CO)[C@@H](O)C(O)C1NC(C)=O)COCCC(=O)NCCCNC(=O)CCCCO[C@@H]1OC(CO)[C@@H](O)C(O)C1NC(C)=O. The van der Waals surface area contributed by atoms with Crippen molar-refractivity contribution in [2.45, 2.75) is 286 Å². The molecule has 39 heteroatoms. The highest BCUT2D eigenvalue weighted by Gasteiger charge is 2.48. The van der Waals surface area contributed by atoms with Crippen LogP contribution < -0.4 is 53.2 Å². The van der Waals surface area contributed by atoms with Crippen LogP contribution in [0.2, 0.25) is 0 Å². The number of aliphatic hydroxyl groups excluding tert-OH is 9. The van der Waals surface area contributed by atoms with Crippen LogP contribution in [0.3, 0.4) is 0 Å². The van der Waals surface area contributed by atoms with E-state index in [0.29, 0.717) is 77.2 Å². The van der Waals surface area contributed by atoms with Gasteiger partial charge in [0.05, 0.1) is 66.0 Å². The van der Waals surface area contributed by atoms with Crippen molar-refractivity contribution in [2.75, 3.05) is 125 Å². The van der Waals surface area contributed by atoms with Crippen LogP contribution in [-0.2, 0) is 95.4 Å². The maximum atomic E-state index is 13.9. The number of unbranched alkanes of at least 4 members (excludes halogenated alkanes) is 10. The molecule has 19 N–H and O–H groups in total. The van der Waals surface area contributed by atoms with E-state index in [1.165, 1.54) is 20.8 Å². The molecule has 9 unspecified atom stereocenters.